The third-order valence-electron chi connectivity index (χ3n) is 7.63. The number of hydrogen-bond donors (Lipinski definition) is 1. The second-order valence-electron chi connectivity index (χ2n) is 10.8. The van der Waals surface area contributed by atoms with E-state index in [0.29, 0.717) is 24.7 Å². The van der Waals surface area contributed by atoms with Crippen molar-refractivity contribution in [1.29, 1.82) is 0 Å². The van der Waals surface area contributed by atoms with E-state index in [2.05, 4.69) is 47.6 Å². The maximum Gasteiger partial charge on any atom is 0.273 e. The number of ether oxygens (including phenoxy) is 1. The van der Waals surface area contributed by atoms with Crippen LogP contribution in [0, 0.1) is 19.8 Å². The molecule has 1 atom stereocenters. The van der Waals surface area contributed by atoms with Crippen molar-refractivity contribution in [3.63, 3.8) is 0 Å². The van der Waals surface area contributed by atoms with Crippen LogP contribution in [0.3, 0.4) is 0 Å². The van der Waals surface area contributed by atoms with Crippen LogP contribution >= 0.6 is 0 Å². The van der Waals surface area contributed by atoms with E-state index in [9.17, 15) is 9.59 Å². The molecule has 2 aliphatic rings. The van der Waals surface area contributed by atoms with Crippen molar-refractivity contribution < 1.29 is 18.7 Å². The summed E-state index contributed by atoms with van der Waals surface area (Å²) in [4.78, 5) is 32.2. The van der Waals surface area contributed by atoms with Crippen molar-refractivity contribution >= 4 is 11.8 Å². The van der Waals surface area contributed by atoms with E-state index in [0.717, 1.165) is 41.5 Å². The van der Waals surface area contributed by atoms with Gasteiger partial charge < -0.3 is 19.4 Å². The molecule has 0 unspecified atom stereocenters. The van der Waals surface area contributed by atoms with E-state index in [4.69, 9.17) is 9.15 Å². The van der Waals surface area contributed by atoms with Crippen LogP contribution in [0.5, 0.6) is 5.75 Å². The molecule has 4 aromatic rings. The Balaban J connectivity index is 1.16. The molecule has 3 aromatic carbocycles. The van der Waals surface area contributed by atoms with Gasteiger partial charge in [-0.3, -0.25) is 9.59 Å². The van der Waals surface area contributed by atoms with Gasteiger partial charge in [0.15, 0.2) is 12.3 Å². The first-order valence-corrected chi connectivity index (χ1v) is 13.9. The lowest BCUT2D eigenvalue weighted by molar-refractivity contribution is -0.134. The first kappa shape index (κ1) is 25.9. The number of rotatable bonds is 8. The van der Waals surface area contributed by atoms with Crippen LogP contribution < -0.4 is 10.1 Å². The fraction of sp³-hybridized carbons (Fsp3) is 0.303. The number of nitrogens with zero attached hydrogens (tertiary/aromatic N) is 2. The number of carbonyl (C=O) groups excluding carboxylic acids is 2. The lowest BCUT2D eigenvalue weighted by Gasteiger charge is -2.38. The Hall–Kier alpha value is -4.39. The Bertz CT molecular complexity index is 1540. The molecule has 1 aliphatic carbocycles. The molecule has 7 nitrogen and oxygen atoms in total. The molecule has 1 aliphatic heterocycles. The number of aryl methyl sites for hydroxylation is 2. The molecule has 0 bridgehead atoms. The van der Waals surface area contributed by atoms with Crippen LogP contribution in [0.2, 0.25) is 0 Å². The minimum absolute atomic E-state index is 0.0872. The number of fused-ring (bicyclic) bond motifs is 1. The Morgan fingerprint density at radius 1 is 1.02 bits per heavy atom. The van der Waals surface area contributed by atoms with E-state index in [-0.39, 0.29) is 36.1 Å². The average molecular weight is 536 g/mol. The Labute approximate surface area is 234 Å². The van der Waals surface area contributed by atoms with Crippen molar-refractivity contribution in [1.82, 2.24) is 15.2 Å². The summed E-state index contributed by atoms with van der Waals surface area (Å²) in [5.74, 6) is 1.09. The maximum absolute atomic E-state index is 13.3. The van der Waals surface area contributed by atoms with Gasteiger partial charge in [-0.05, 0) is 67.5 Å². The van der Waals surface area contributed by atoms with Gasteiger partial charge in [0.25, 0.3) is 5.91 Å². The van der Waals surface area contributed by atoms with E-state index in [1.165, 1.54) is 17.4 Å². The smallest absolute Gasteiger partial charge is 0.273 e. The molecule has 1 saturated carbocycles. The van der Waals surface area contributed by atoms with Gasteiger partial charge in [-0.1, -0.05) is 65.7 Å². The molecule has 1 fully saturated rings. The predicted octanol–water partition coefficient (Wildman–Crippen LogP) is 5.68. The van der Waals surface area contributed by atoms with Gasteiger partial charge in [-0.25, -0.2) is 4.98 Å². The summed E-state index contributed by atoms with van der Waals surface area (Å²) < 4.78 is 11.6. The fourth-order valence-corrected chi connectivity index (χ4v) is 5.31. The highest BCUT2D eigenvalue weighted by Crippen LogP contribution is 2.41. The summed E-state index contributed by atoms with van der Waals surface area (Å²) in [5.41, 5.74) is 6.98. The SMILES string of the molecule is Cc1ccc([C@@H]2c3cc(OCc4nc(C(=O)NCc5cccc(C)c5)co4)ccc3CCN2C(=O)C2CC2)cc1. The lowest BCUT2D eigenvalue weighted by atomic mass is 9.87. The summed E-state index contributed by atoms with van der Waals surface area (Å²) in [6.07, 6.45) is 4.13. The van der Waals surface area contributed by atoms with Gasteiger partial charge in [0.1, 0.15) is 12.0 Å². The molecule has 0 spiro atoms. The summed E-state index contributed by atoms with van der Waals surface area (Å²) >= 11 is 0. The third-order valence-corrected chi connectivity index (χ3v) is 7.63. The van der Waals surface area contributed by atoms with Gasteiger partial charge in [0, 0.05) is 19.0 Å². The second kappa shape index (κ2) is 11.0. The summed E-state index contributed by atoms with van der Waals surface area (Å²) in [7, 11) is 0. The number of hydrogen-bond acceptors (Lipinski definition) is 5. The van der Waals surface area contributed by atoms with Gasteiger partial charge >= 0.3 is 0 Å². The average Bonchev–Trinajstić information content (AvgIpc) is 3.71. The van der Waals surface area contributed by atoms with Crippen LogP contribution in [-0.4, -0.2) is 28.2 Å². The zero-order valence-corrected chi connectivity index (χ0v) is 22.9. The minimum atomic E-state index is -0.299. The van der Waals surface area contributed by atoms with Crippen molar-refractivity contribution in [2.24, 2.45) is 5.92 Å². The maximum atomic E-state index is 13.3. The molecular weight excluding hydrogens is 502 g/mol. The minimum Gasteiger partial charge on any atom is -0.484 e. The Morgan fingerprint density at radius 2 is 1.85 bits per heavy atom. The van der Waals surface area contributed by atoms with Gasteiger partial charge in [-0.2, -0.15) is 0 Å². The van der Waals surface area contributed by atoms with Crippen LogP contribution in [0.15, 0.2) is 77.4 Å². The largest absolute Gasteiger partial charge is 0.484 e. The molecule has 0 saturated heterocycles. The van der Waals surface area contributed by atoms with Crippen LogP contribution in [-0.2, 0) is 24.4 Å². The van der Waals surface area contributed by atoms with Gasteiger partial charge in [-0.15, -0.1) is 0 Å². The third kappa shape index (κ3) is 5.64. The van der Waals surface area contributed by atoms with Crippen LogP contribution in [0.25, 0.3) is 0 Å². The second-order valence-corrected chi connectivity index (χ2v) is 10.8. The van der Waals surface area contributed by atoms with Crippen LogP contribution in [0.4, 0.5) is 0 Å². The molecule has 1 aromatic heterocycles. The summed E-state index contributed by atoms with van der Waals surface area (Å²) in [5, 5.41) is 2.88. The number of aromatic nitrogens is 1. The van der Waals surface area contributed by atoms with E-state index < -0.39 is 0 Å². The number of oxazole rings is 1. The van der Waals surface area contributed by atoms with E-state index >= 15 is 0 Å². The topological polar surface area (TPSA) is 84.7 Å². The molecule has 1 N–H and O–H groups in total. The molecule has 2 amide bonds. The normalized spacial score (nSPS) is 16.4. The lowest BCUT2D eigenvalue weighted by Crippen LogP contribution is -2.41. The molecular formula is C33H33N3O4. The fourth-order valence-electron chi connectivity index (χ4n) is 5.31. The molecule has 6 rings (SSSR count). The number of benzene rings is 3. The predicted molar refractivity (Wildman–Crippen MR) is 151 cm³/mol. The Morgan fingerprint density at radius 3 is 2.62 bits per heavy atom. The molecule has 40 heavy (non-hydrogen) atoms. The van der Waals surface area contributed by atoms with Crippen molar-refractivity contribution in [2.75, 3.05) is 6.54 Å². The molecule has 2 heterocycles. The zero-order chi connectivity index (χ0) is 27.6. The quantitative estimate of drug-likeness (QED) is 0.314. The molecule has 204 valence electrons. The highest BCUT2D eigenvalue weighted by Gasteiger charge is 2.39. The van der Waals surface area contributed by atoms with Crippen molar-refractivity contribution in [2.45, 2.75) is 52.3 Å². The molecule has 0 radical (unpaired) electrons. The van der Waals surface area contributed by atoms with Crippen LogP contribution in [0.1, 0.15) is 68.6 Å². The molecule has 7 heteroatoms. The Kier molecular flexibility index (Phi) is 7.11. The van der Waals surface area contributed by atoms with Crippen molar-refractivity contribution in [3.8, 4) is 5.75 Å². The first-order chi connectivity index (χ1) is 19.4. The number of carbonyl (C=O) groups is 2. The first-order valence-electron chi connectivity index (χ1n) is 13.9. The van der Waals surface area contributed by atoms with Crippen molar-refractivity contribution in [3.05, 3.63) is 118 Å². The number of amides is 2. The highest BCUT2D eigenvalue weighted by atomic mass is 16.5. The van der Waals surface area contributed by atoms with E-state index in [1.807, 2.05) is 48.2 Å². The van der Waals surface area contributed by atoms with Gasteiger partial charge in [0.2, 0.25) is 11.8 Å². The summed E-state index contributed by atoms with van der Waals surface area (Å²) in [6, 6.07) is 22.3. The highest BCUT2D eigenvalue weighted by molar-refractivity contribution is 5.91. The van der Waals surface area contributed by atoms with Gasteiger partial charge in [0.05, 0.1) is 6.04 Å². The monoisotopic (exact) mass is 535 g/mol. The number of nitrogens with one attached hydrogen (secondary N) is 1. The zero-order valence-electron chi connectivity index (χ0n) is 22.9. The standard InChI is InChI=1S/C33H33N3O4/c1-21-6-8-25(9-7-21)31-28-17-27(13-12-24(28)14-15-36(31)33(38)26-10-11-26)39-20-30-35-29(19-40-30)32(37)34-18-23-5-3-4-22(2)16-23/h3-9,12-13,16-17,19,26,31H,10-11,14-15,18,20H2,1-2H3,(H,34,37)/t31-/m1/s1. The summed E-state index contributed by atoms with van der Waals surface area (Å²) in [6.45, 7) is 5.30. The van der Waals surface area contributed by atoms with E-state index in [1.54, 1.807) is 0 Å².